The summed E-state index contributed by atoms with van der Waals surface area (Å²) in [4.78, 5) is 13.9. The molecule has 1 saturated heterocycles. The van der Waals surface area contributed by atoms with Crippen LogP contribution < -0.4 is 5.73 Å². The monoisotopic (exact) mass is 258 g/mol. The van der Waals surface area contributed by atoms with E-state index in [0.29, 0.717) is 19.1 Å². The maximum Gasteiger partial charge on any atom is 0.325 e. The van der Waals surface area contributed by atoms with E-state index in [2.05, 4.69) is 11.9 Å². The van der Waals surface area contributed by atoms with Crippen LogP contribution in [0.3, 0.4) is 0 Å². The number of hydrogen-bond donors (Lipinski definition) is 1. The molecular formula is C13H26N2O3. The second kappa shape index (κ2) is 7.07. The van der Waals surface area contributed by atoms with Crippen molar-refractivity contribution < 1.29 is 14.3 Å². The van der Waals surface area contributed by atoms with Crippen molar-refractivity contribution in [3.63, 3.8) is 0 Å². The van der Waals surface area contributed by atoms with Crippen LogP contribution in [-0.2, 0) is 14.3 Å². The molecule has 1 heterocycles. The van der Waals surface area contributed by atoms with Crippen molar-refractivity contribution in [2.75, 3.05) is 33.4 Å². The Morgan fingerprint density at radius 1 is 1.50 bits per heavy atom. The number of hydrogen-bond acceptors (Lipinski definition) is 5. The Morgan fingerprint density at radius 3 is 2.67 bits per heavy atom. The lowest BCUT2D eigenvalue weighted by Gasteiger charge is -2.33. The van der Waals surface area contributed by atoms with E-state index >= 15 is 0 Å². The van der Waals surface area contributed by atoms with Gasteiger partial charge in [-0.2, -0.15) is 0 Å². The van der Waals surface area contributed by atoms with Gasteiger partial charge in [-0.3, -0.25) is 4.79 Å². The Kier molecular flexibility index (Phi) is 6.05. The van der Waals surface area contributed by atoms with Crippen LogP contribution in [0.5, 0.6) is 0 Å². The van der Waals surface area contributed by atoms with Crippen LogP contribution in [0.15, 0.2) is 0 Å². The zero-order chi connectivity index (χ0) is 13.6. The number of nitrogens with zero attached hydrogens (tertiary/aromatic N) is 1. The number of rotatable bonds is 6. The average molecular weight is 258 g/mol. The van der Waals surface area contributed by atoms with Crippen LogP contribution in [0.2, 0.25) is 0 Å². The van der Waals surface area contributed by atoms with E-state index in [-0.39, 0.29) is 5.97 Å². The highest BCUT2D eigenvalue weighted by atomic mass is 16.5. The molecule has 5 heteroatoms. The third-order valence-electron chi connectivity index (χ3n) is 3.54. The van der Waals surface area contributed by atoms with Crippen LogP contribution in [0, 0.1) is 0 Å². The van der Waals surface area contributed by atoms with Crippen LogP contribution in [0.4, 0.5) is 0 Å². The van der Waals surface area contributed by atoms with Gasteiger partial charge in [-0.05, 0) is 40.2 Å². The molecule has 0 bridgehead atoms. The van der Waals surface area contributed by atoms with Gasteiger partial charge in [0.1, 0.15) is 5.54 Å². The van der Waals surface area contributed by atoms with E-state index in [9.17, 15) is 4.79 Å². The first-order chi connectivity index (χ1) is 8.47. The summed E-state index contributed by atoms with van der Waals surface area (Å²) in [6, 6.07) is 0.539. The molecule has 0 amide bonds. The Labute approximate surface area is 110 Å². The van der Waals surface area contributed by atoms with E-state index in [1.165, 1.54) is 0 Å². The smallest absolute Gasteiger partial charge is 0.325 e. The highest BCUT2D eigenvalue weighted by Crippen LogP contribution is 2.15. The summed E-state index contributed by atoms with van der Waals surface area (Å²) < 4.78 is 10.3. The molecule has 0 radical (unpaired) electrons. The number of esters is 1. The quantitative estimate of drug-likeness (QED) is 0.713. The minimum atomic E-state index is -0.893. The molecule has 1 aliphatic rings. The largest absolute Gasteiger partial charge is 0.465 e. The number of nitrogens with two attached hydrogens (primary N) is 1. The third kappa shape index (κ3) is 4.55. The average Bonchev–Trinajstić information content (AvgIpc) is 2.37. The van der Waals surface area contributed by atoms with Gasteiger partial charge in [-0.15, -0.1) is 0 Å². The SMILES string of the molecule is CCOC(=O)C(C)(N)CCN(C)C1CCOCC1. The van der Waals surface area contributed by atoms with E-state index in [1.54, 1.807) is 13.8 Å². The van der Waals surface area contributed by atoms with Crippen molar-refractivity contribution >= 4 is 5.97 Å². The van der Waals surface area contributed by atoms with Gasteiger partial charge in [-0.1, -0.05) is 0 Å². The maximum atomic E-state index is 11.7. The Hall–Kier alpha value is -0.650. The molecule has 0 spiro atoms. The van der Waals surface area contributed by atoms with Crippen molar-refractivity contribution in [2.45, 2.75) is 44.7 Å². The van der Waals surface area contributed by atoms with Crippen LogP contribution in [0.25, 0.3) is 0 Å². The molecule has 1 atom stereocenters. The first kappa shape index (κ1) is 15.4. The normalized spacial score (nSPS) is 20.7. The zero-order valence-electron chi connectivity index (χ0n) is 11.8. The molecule has 0 aromatic carbocycles. The van der Waals surface area contributed by atoms with Crippen molar-refractivity contribution in [3.05, 3.63) is 0 Å². The summed E-state index contributed by atoms with van der Waals surface area (Å²) in [5, 5.41) is 0. The molecule has 1 fully saturated rings. The zero-order valence-corrected chi connectivity index (χ0v) is 11.8. The van der Waals surface area contributed by atoms with Gasteiger partial charge in [0.15, 0.2) is 0 Å². The van der Waals surface area contributed by atoms with E-state index in [4.69, 9.17) is 15.2 Å². The van der Waals surface area contributed by atoms with Crippen molar-refractivity contribution in [1.82, 2.24) is 4.90 Å². The second-order valence-electron chi connectivity index (χ2n) is 5.21. The first-order valence-electron chi connectivity index (χ1n) is 6.71. The third-order valence-corrected chi connectivity index (χ3v) is 3.54. The molecule has 1 rings (SSSR count). The van der Waals surface area contributed by atoms with Gasteiger partial charge in [-0.25, -0.2) is 0 Å². The number of ether oxygens (including phenoxy) is 2. The molecule has 18 heavy (non-hydrogen) atoms. The molecule has 2 N–H and O–H groups in total. The summed E-state index contributed by atoms with van der Waals surface area (Å²) in [5.74, 6) is -0.314. The summed E-state index contributed by atoms with van der Waals surface area (Å²) in [6.07, 6.45) is 2.72. The molecule has 1 aliphatic heterocycles. The summed E-state index contributed by atoms with van der Waals surface area (Å²) in [5.41, 5.74) is 5.10. The van der Waals surface area contributed by atoms with Crippen molar-refractivity contribution in [3.8, 4) is 0 Å². The molecule has 5 nitrogen and oxygen atoms in total. The standard InChI is InChI=1S/C13H26N2O3/c1-4-18-12(16)13(2,14)7-8-15(3)11-5-9-17-10-6-11/h11H,4-10,14H2,1-3H3. The minimum Gasteiger partial charge on any atom is -0.465 e. The lowest BCUT2D eigenvalue weighted by molar-refractivity contribution is -0.149. The van der Waals surface area contributed by atoms with Gasteiger partial charge in [0.2, 0.25) is 0 Å². The highest BCUT2D eigenvalue weighted by molar-refractivity contribution is 5.79. The molecule has 106 valence electrons. The fourth-order valence-electron chi connectivity index (χ4n) is 2.12. The van der Waals surface area contributed by atoms with Crippen LogP contribution in [0.1, 0.15) is 33.1 Å². The van der Waals surface area contributed by atoms with Gasteiger partial charge >= 0.3 is 5.97 Å². The predicted molar refractivity (Wildman–Crippen MR) is 70.3 cm³/mol. The van der Waals surface area contributed by atoms with Gasteiger partial charge < -0.3 is 20.1 Å². The highest BCUT2D eigenvalue weighted by Gasteiger charge is 2.30. The van der Waals surface area contributed by atoms with Gasteiger partial charge in [0.25, 0.3) is 0 Å². The van der Waals surface area contributed by atoms with E-state index < -0.39 is 5.54 Å². The van der Waals surface area contributed by atoms with Crippen molar-refractivity contribution in [1.29, 1.82) is 0 Å². The van der Waals surface area contributed by atoms with Crippen LogP contribution in [-0.4, -0.2) is 55.9 Å². The van der Waals surface area contributed by atoms with Gasteiger partial charge in [0.05, 0.1) is 6.61 Å². The van der Waals surface area contributed by atoms with Crippen molar-refractivity contribution in [2.24, 2.45) is 5.73 Å². The van der Waals surface area contributed by atoms with Crippen LogP contribution >= 0.6 is 0 Å². The Morgan fingerprint density at radius 2 is 2.11 bits per heavy atom. The topological polar surface area (TPSA) is 64.8 Å². The van der Waals surface area contributed by atoms with Gasteiger partial charge in [0, 0.05) is 25.8 Å². The molecule has 1 unspecified atom stereocenters. The summed E-state index contributed by atoms with van der Waals surface area (Å²) in [7, 11) is 2.08. The van der Waals surface area contributed by atoms with E-state index in [1.807, 2.05) is 0 Å². The second-order valence-corrected chi connectivity index (χ2v) is 5.21. The molecule has 0 aromatic heterocycles. The predicted octanol–water partition coefficient (Wildman–Crippen LogP) is 0.768. The fraction of sp³-hybridized carbons (Fsp3) is 0.923. The first-order valence-corrected chi connectivity index (χ1v) is 6.71. The maximum absolute atomic E-state index is 11.7. The number of carbonyl (C=O) groups excluding carboxylic acids is 1. The Balaban J connectivity index is 2.35. The minimum absolute atomic E-state index is 0.314. The molecule has 0 aliphatic carbocycles. The molecule has 0 aromatic rings. The summed E-state index contributed by atoms with van der Waals surface area (Å²) in [6.45, 7) is 6.36. The van der Waals surface area contributed by atoms with E-state index in [0.717, 1.165) is 32.6 Å². The lowest BCUT2D eigenvalue weighted by Crippen LogP contribution is -2.49. The molecule has 0 saturated carbocycles. The fourth-order valence-corrected chi connectivity index (χ4v) is 2.12. The summed E-state index contributed by atoms with van der Waals surface area (Å²) >= 11 is 0. The molecular weight excluding hydrogens is 232 g/mol. The number of carbonyl (C=O) groups is 1. The Bertz CT molecular complexity index is 263. The lowest BCUT2D eigenvalue weighted by atomic mass is 9.98.